The Bertz CT molecular complexity index is 292. The van der Waals surface area contributed by atoms with Crippen LogP contribution in [0.2, 0.25) is 5.02 Å². The Morgan fingerprint density at radius 3 is 2.50 bits per heavy atom. The second kappa shape index (κ2) is 8.07. The van der Waals surface area contributed by atoms with Crippen molar-refractivity contribution in [2.45, 2.75) is 6.54 Å². The molecular weight excluding hydrogens is 289 g/mol. The van der Waals surface area contributed by atoms with Gasteiger partial charge in [0.05, 0.1) is 6.61 Å². The van der Waals surface area contributed by atoms with Gasteiger partial charge in [-0.1, -0.05) is 39.7 Å². The fourth-order valence-electron chi connectivity index (χ4n) is 1.46. The lowest BCUT2D eigenvalue weighted by Crippen LogP contribution is -2.28. The Balaban J connectivity index is 2.49. The van der Waals surface area contributed by atoms with E-state index in [0.29, 0.717) is 0 Å². The van der Waals surface area contributed by atoms with Crippen LogP contribution in [0.5, 0.6) is 0 Å². The Morgan fingerprint density at radius 2 is 1.94 bits per heavy atom. The van der Waals surface area contributed by atoms with Crippen LogP contribution >= 0.6 is 27.5 Å². The maximum atomic E-state index is 5.85. The van der Waals surface area contributed by atoms with Crippen LogP contribution in [0.1, 0.15) is 5.56 Å². The summed E-state index contributed by atoms with van der Waals surface area (Å²) in [5, 5.41) is 1.76. The molecule has 0 fully saturated rings. The lowest BCUT2D eigenvalue weighted by atomic mass is 10.2. The number of hydrogen-bond acceptors (Lipinski definition) is 2. The molecule has 0 aliphatic rings. The van der Waals surface area contributed by atoms with Crippen LogP contribution in [0.3, 0.4) is 0 Å². The van der Waals surface area contributed by atoms with E-state index < -0.39 is 0 Å². The van der Waals surface area contributed by atoms with Gasteiger partial charge in [-0.05, 0) is 17.7 Å². The van der Waals surface area contributed by atoms with E-state index in [9.17, 15) is 0 Å². The predicted octanol–water partition coefficient (Wildman–Crippen LogP) is 3.18. The largest absolute Gasteiger partial charge is 0.383 e. The first-order chi connectivity index (χ1) is 7.76. The molecular formula is C12H17BrClNO. The molecule has 0 saturated carbocycles. The Hall–Kier alpha value is -0.0900. The number of rotatable bonds is 7. The van der Waals surface area contributed by atoms with E-state index in [-0.39, 0.29) is 0 Å². The molecule has 16 heavy (non-hydrogen) atoms. The van der Waals surface area contributed by atoms with Crippen molar-refractivity contribution in [2.24, 2.45) is 0 Å². The van der Waals surface area contributed by atoms with E-state index in [4.69, 9.17) is 16.3 Å². The normalized spacial score (nSPS) is 11.0. The molecule has 1 rings (SSSR count). The van der Waals surface area contributed by atoms with Crippen molar-refractivity contribution in [3.05, 3.63) is 34.9 Å². The molecule has 0 N–H and O–H groups in total. The third-order valence-electron chi connectivity index (χ3n) is 2.33. The van der Waals surface area contributed by atoms with Gasteiger partial charge in [0.1, 0.15) is 0 Å². The van der Waals surface area contributed by atoms with Gasteiger partial charge in [0, 0.05) is 37.1 Å². The smallest absolute Gasteiger partial charge is 0.0589 e. The Kier molecular flexibility index (Phi) is 7.05. The van der Waals surface area contributed by atoms with E-state index in [1.807, 2.05) is 12.1 Å². The highest BCUT2D eigenvalue weighted by Gasteiger charge is 2.04. The predicted molar refractivity (Wildman–Crippen MR) is 72.4 cm³/mol. The fraction of sp³-hybridized carbons (Fsp3) is 0.500. The van der Waals surface area contributed by atoms with Crippen molar-refractivity contribution < 1.29 is 4.74 Å². The molecule has 0 unspecified atom stereocenters. The van der Waals surface area contributed by atoms with Gasteiger partial charge < -0.3 is 4.74 Å². The van der Waals surface area contributed by atoms with E-state index in [1.54, 1.807) is 7.11 Å². The summed E-state index contributed by atoms with van der Waals surface area (Å²) < 4.78 is 5.10. The van der Waals surface area contributed by atoms with Gasteiger partial charge in [0.15, 0.2) is 0 Å². The summed E-state index contributed by atoms with van der Waals surface area (Å²) in [6.07, 6.45) is 0. The molecule has 4 heteroatoms. The standard InChI is InChI=1S/C12H17BrClNO/c1-16-9-8-15(7-6-13)10-11-2-4-12(14)5-3-11/h2-5H,6-10H2,1H3. The van der Waals surface area contributed by atoms with Gasteiger partial charge in [-0.25, -0.2) is 0 Å². The lowest BCUT2D eigenvalue weighted by molar-refractivity contribution is 0.148. The van der Waals surface area contributed by atoms with Crippen LogP contribution in [-0.4, -0.2) is 37.0 Å². The minimum Gasteiger partial charge on any atom is -0.383 e. The highest BCUT2D eigenvalue weighted by molar-refractivity contribution is 9.09. The first-order valence-corrected chi connectivity index (χ1v) is 6.78. The summed E-state index contributed by atoms with van der Waals surface area (Å²) in [5.74, 6) is 0. The summed E-state index contributed by atoms with van der Waals surface area (Å²) in [4.78, 5) is 2.35. The van der Waals surface area contributed by atoms with Crippen molar-refractivity contribution in [3.8, 4) is 0 Å². The average Bonchev–Trinajstić information content (AvgIpc) is 2.29. The van der Waals surface area contributed by atoms with Crippen molar-refractivity contribution in [2.75, 3.05) is 32.1 Å². The van der Waals surface area contributed by atoms with Gasteiger partial charge in [-0.15, -0.1) is 0 Å². The zero-order valence-electron chi connectivity index (χ0n) is 9.46. The van der Waals surface area contributed by atoms with Crippen molar-refractivity contribution in [1.29, 1.82) is 0 Å². The lowest BCUT2D eigenvalue weighted by Gasteiger charge is -2.20. The summed E-state index contributed by atoms with van der Waals surface area (Å²) in [6, 6.07) is 7.99. The van der Waals surface area contributed by atoms with E-state index in [1.165, 1.54) is 5.56 Å². The SMILES string of the molecule is COCCN(CCBr)Cc1ccc(Cl)cc1. The van der Waals surface area contributed by atoms with E-state index >= 15 is 0 Å². The molecule has 0 spiro atoms. The summed E-state index contributed by atoms with van der Waals surface area (Å²) in [7, 11) is 1.73. The molecule has 0 aliphatic carbocycles. The first kappa shape index (κ1) is 14.0. The van der Waals surface area contributed by atoms with Gasteiger partial charge in [-0.3, -0.25) is 4.90 Å². The van der Waals surface area contributed by atoms with Crippen molar-refractivity contribution in [1.82, 2.24) is 4.90 Å². The van der Waals surface area contributed by atoms with Crippen molar-refractivity contribution in [3.63, 3.8) is 0 Å². The van der Waals surface area contributed by atoms with Crippen molar-refractivity contribution >= 4 is 27.5 Å². The number of nitrogens with zero attached hydrogens (tertiary/aromatic N) is 1. The molecule has 90 valence electrons. The van der Waals surface area contributed by atoms with Crippen LogP contribution in [0, 0.1) is 0 Å². The number of alkyl halides is 1. The minimum absolute atomic E-state index is 0.764. The summed E-state index contributed by atoms with van der Waals surface area (Å²) >= 11 is 9.32. The minimum atomic E-state index is 0.764. The number of ether oxygens (including phenoxy) is 1. The van der Waals surface area contributed by atoms with Crippen LogP contribution in [0.4, 0.5) is 0 Å². The molecule has 2 nitrogen and oxygen atoms in total. The Labute approximate surface area is 111 Å². The molecule has 0 saturated heterocycles. The fourth-order valence-corrected chi connectivity index (χ4v) is 2.09. The average molecular weight is 307 g/mol. The number of halogens is 2. The van der Waals surface area contributed by atoms with Crippen LogP contribution in [-0.2, 0) is 11.3 Å². The van der Waals surface area contributed by atoms with Gasteiger partial charge in [0.2, 0.25) is 0 Å². The number of benzene rings is 1. The number of hydrogen-bond donors (Lipinski definition) is 0. The van der Waals surface area contributed by atoms with Gasteiger partial charge in [-0.2, -0.15) is 0 Å². The topological polar surface area (TPSA) is 12.5 Å². The number of methoxy groups -OCH3 is 1. The second-order valence-corrected chi connectivity index (χ2v) is 4.81. The molecule has 0 radical (unpaired) electrons. The third-order valence-corrected chi connectivity index (χ3v) is 2.94. The quantitative estimate of drug-likeness (QED) is 0.717. The molecule has 1 aromatic carbocycles. The highest BCUT2D eigenvalue weighted by atomic mass is 79.9. The second-order valence-electron chi connectivity index (χ2n) is 3.58. The summed E-state index contributed by atoms with van der Waals surface area (Å²) in [5.41, 5.74) is 1.28. The molecule has 0 aromatic heterocycles. The zero-order valence-corrected chi connectivity index (χ0v) is 11.8. The van der Waals surface area contributed by atoms with E-state index in [0.717, 1.165) is 36.6 Å². The summed E-state index contributed by atoms with van der Waals surface area (Å²) in [6.45, 7) is 3.67. The Morgan fingerprint density at radius 1 is 1.25 bits per heavy atom. The van der Waals surface area contributed by atoms with Gasteiger partial charge in [0.25, 0.3) is 0 Å². The molecule has 1 aromatic rings. The monoisotopic (exact) mass is 305 g/mol. The molecule has 0 aliphatic heterocycles. The van der Waals surface area contributed by atoms with Gasteiger partial charge >= 0.3 is 0 Å². The molecule has 0 atom stereocenters. The van der Waals surface area contributed by atoms with Crippen LogP contribution < -0.4 is 0 Å². The maximum absolute atomic E-state index is 5.85. The first-order valence-electron chi connectivity index (χ1n) is 5.28. The zero-order chi connectivity index (χ0) is 11.8. The molecule has 0 bridgehead atoms. The molecule has 0 amide bonds. The van der Waals surface area contributed by atoms with E-state index in [2.05, 4.69) is 33.0 Å². The van der Waals surface area contributed by atoms with Crippen LogP contribution in [0.25, 0.3) is 0 Å². The molecule has 0 heterocycles. The van der Waals surface area contributed by atoms with Crippen LogP contribution in [0.15, 0.2) is 24.3 Å². The third kappa shape index (κ3) is 5.30. The highest BCUT2D eigenvalue weighted by Crippen LogP contribution is 2.11. The maximum Gasteiger partial charge on any atom is 0.0589 e.